The van der Waals surface area contributed by atoms with E-state index < -0.39 is 0 Å². The van der Waals surface area contributed by atoms with Crippen LogP contribution in [0.1, 0.15) is 22.8 Å². The van der Waals surface area contributed by atoms with Crippen molar-refractivity contribution in [2.45, 2.75) is 0 Å². The Kier molecular flexibility index (Phi) is 5.90. The molecule has 4 aromatic carbocycles. The van der Waals surface area contributed by atoms with Gasteiger partial charge in [-0.2, -0.15) is 0 Å². The normalized spacial score (nSPS) is 12.3. The summed E-state index contributed by atoms with van der Waals surface area (Å²) in [5.41, 5.74) is 9.92. The fourth-order valence-electron chi connectivity index (χ4n) is 6.30. The molecule has 4 nitrogen and oxygen atoms in total. The third-order valence-electron chi connectivity index (χ3n) is 8.22. The average Bonchev–Trinajstić information content (AvgIpc) is 3.83. The SMILES string of the molecule is C1=Cc2cc3ccc([nH]3)c(-c3cccc4ccc5cc6ccccc6cc5c34)c3nc(cc4ccc(cc1n2)[nH]4)C=C3.[Cu]. The first-order valence-corrected chi connectivity index (χ1v) is 14.2. The first kappa shape index (κ1) is 25.5. The van der Waals surface area contributed by atoms with Gasteiger partial charge < -0.3 is 9.97 Å². The average molecular weight is 600 g/mol. The Labute approximate surface area is 258 Å². The quantitative estimate of drug-likeness (QED) is 0.112. The van der Waals surface area contributed by atoms with Crippen molar-refractivity contribution in [2.75, 3.05) is 0 Å². The van der Waals surface area contributed by atoms with Crippen LogP contribution in [-0.4, -0.2) is 19.9 Å². The summed E-state index contributed by atoms with van der Waals surface area (Å²) in [6, 6.07) is 38.9. The molecule has 207 valence electrons. The number of fused-ring (bicyclic) bond motifs is 12. The maximum Gasteiger partial charge on any atom is 0.0737 e. The number of H-pyrrole nitrogens is 2. The second kappa shape index (κ2) is 9.95. The van der Waals surface area contributed by atoms with Gasteiger partial charge in [0.25, 0.3) is 0 Å². The summed E-state index contributed by atoms with van der Waals surface area (Å²) in [7, 11) is 0. The predicted molar refractivity (Wildman–Crippen MR) is 177 cm³/mol. The molecule has 8 bridgehead atoms. The van der Waals surface area contributed by atoms with Gasteiger partial charge in [0.1, 0.15) is 0 Å². The van der Waals surface area contributed by atoms with Crippen molar-refractivity contribution >= 4 is 78.7 Å². The third kappa shape index (κ3) is 4.38. The number of benzene rings is 4. The van der Waals surface area contributed by atoms with Crippen LogP contribution in [0.3, 0.4) is 0 Å². The zero-order valence-corrected chi connectivity index (χ0v) is 23.8. The van der Waals surface area contributed by atoms with E-state index in [0.29, 0.717) is 0 Å². The molecule has 5 heterocycles. The van der Waals surface area contributed by atoms with E-state index >= 15 is 0 Å². The van der Waals surface area contributed by atoms with Crippen LogP contribution in [-0.2, 0) is 17.1 Å². The molecule has 2 N–H and O–H groups in total. The number of aromatic amines is 2. The minimum absolute atomic E-state index is 0. The molecule has 5 heteroatoms. The van der Waals surface area contributed by atoms with E-state index in [1.54, 1.807) is 0 Å². The molecule has 0 spiro atoms. The second-order valence-corrected chi connectivity index (χ2v) is 10.9. The number of nitrogens with one attached hydrogen (secondary N) is 2. The van der Waals surface area contributed by atoms with Crippen LogP contribution < -0.4 is 0 Å². The van der Waals surface area contributed by atoms with E-state index in [9.17, 15) is 0 Å². The van der Waals surface area contributed by atoms with Gasteiger partial charge in [-0.05, 0) is 117 Å². The monoisotopic (exact) mass is 599 g/mol. The van der Waals surface area contributed by atoms with Gasteiger partial charge in [-0.3, -0.25) is 0 Å². The molecule has 3 aromatic heterocycles. The zero-order valence-electron chi connectivity index (χ0n) is 22.9. The van der Waals surface area contributed by atoms with E-state index in [1.165, 1.54) is 32.3 Å². The first-order valence-electron chi connectivity index (χ1n) is 14.2. The van der Waals surface area contributed by atoms with Crippen molar-refractivity contribution in [1.29, 1.82) is 0 Å². The van der Waals surface area contributed by atoms with Crippen molar-refractivity contribution in [3.8, 4) is 11.1 Å². The Bertz CT molecular complexity index is 2480. The van der Waals surface area contributed by atoms with Crippen molar-refractivity contribution < 1.29 is 17.1 Å². The van der Waals surface area contributed by atoms with E-state index in [4.69, 9.17) is 9.97 Å². The van der Waals surface area contributed by atoms with Crippen LogP contribution in [0.5, 0.6) is 0 Å². The maximum atomic E-state index is 5.15. The Hall–Kier alpha value is -5.22. The van der Waals surface area contributed by atoms with Crippen LogP contribution in [0.15, 0.2) is 109 Å². The topological polar surface area (TPSA) is 57.4 Å². The maximum absolute atomic E-state index is 5.15. The van der Waals surface area contributed by atoms with Crippen LogP contribution in [0.4, 0.5) is 0 Å². The number of aromatic nitrogens is 4. The smallest absolute Gasteiger partial charge is 0.0737 e. The molecular formula is C38H24CuN4. The van der Waals surface area contributed by atoms with Crippen molar-refractivity contribution in [2.24, 2.45) is 0 Å². The summed E-state index contributed by atoms with van der Waals surface area (Å²) < 4.78 is 0. The first-order chi connectivity index (χ1) is 20.7. The fourth-order valence-corrected chi connectivity index (χ4v) is 6.30. The molecule has 0 atom stereocenters. The minimum atomic E-state index is 0. The van der Waals surface area contributed by atoms with Gasteiger partial charge in [0.05, 0.1) is 22.8 Å². The van der Waals surface area contributed by atoms with E-state index in [2.05, 4.69) is 137 Å². The molecule has 0 amide bonds. The largest absolute Gasteiger partial charge is 0.355 e. The van der Waals surface area contributed by atoms with Crippen molar-refractivity contribution in [1.82, 2.24) is 19.9 Å². The molecule has 7 aromatic rings. The summed E-state index contributed by atoms with van der Waals surface area (Å²) in [6.07, 6.45) is 8.32. The second-order valence-electron chi connectivity index (χ2n) is 10.9. The summed E-state index contributed by atoms with van der Waals surface area (Å²) in [5.74, 6) is 0. The van der Waals surface area contributed by atoms with Gasteiger partial charge in [-0.15, -0.1) is 0 Å². The molecule has 0 saturated heterocycles. The molecule has 9 rings (SSSR count). The Balaban J connectivity index is 0.00000278. The molecule has 0 saturated carbocycles. The zero-order chi connectivity index (χ0) is 27.6. The molecule has 1 radical (unpaired) electrons. The van der Waals surface area contributed by atoms with Crippen LogP contribution in [0.25, 0.3) is 89.8 Å². The number of rotatable bonds is 1. The minimum Gasteiger partial charge on any atom is -0.355 e. The predicted octanol–water partition coefficient (Wildman–Crippen LogP) is 9.78. The van der Waals surface area contributed by atoms with Gasteiger partial charge in [0.15, 0.2) is 0 Å². The van der Waals surface area contributed by atoms with Gasteiger partial charge >= 0.3 is 0 Å². The molecule has 0 aliphatic carbocycles. The van der Waals surface area contributed by atoms with Gasteiger partial charge in [0.2, 0.25) is 0 Å². The van der Waals surface area contributed by atoms with Crippen molar-refractivity contribution in [3.05, 3.63) is 132 Å². The molecule has 0 unspecified atom stereocenters. The summed E-state index contributed by atoms with van der Waals surface area (Å²) in [5, 5.41) is 7.38. The summed E-state index contributed by atoms with van der Waals surface area (Å²) in [4.78, 5) is 17.1. The third-order valence-corrected chi connectivity index (χ3v) is 8.22. The number of nitrogens with zero attached hydrogens (tertiary/aromatic N) is 2. The summed E-state index contributed by atoms with van der Waals surface area (Å²) in [6.45, 7) is 0. The van der Waals surface area contributed by atoms with E-state index in [-0.39, 0.29) is 17.1 Å². The Morgan fingerprint density at radius 3 is 1.88 bits per heavy atom. The van der Waals surface area contributed by atoms with E-state index in [0.717, 1.165) is 56.0 Å². The van der Waals surface area contributed by atoms with Gasteiger partial charge in [-0.25, -0.2) is 9.97 Å². The Morgan fingerprint density at radius 1 is 0.465 bits per heavy atom. The molecule has 2 aliphatic heterocycles. The standard InChI is InChI=1S/C38H24N4.Cu/c1-2-5-25-19-34-26(18-24(25)4-1)9-8-23-6-3-7-33(37(23)34)38-35-16-14-31(41-35)21-29-12-10-27(39-29)20-28-11-13-30(40-28)22-32-15-17-36(38)42-32;/h1-22,39,42H;. The number of hydrogen-bond acceptors (Lipinski definition) is 2. The van der Waals surface area contributed by atoms with Crippen LogP contribution >= 0.6 is 0 Å². The Morgan fingerprint density at radius 2 is 1.09 bits per heavy atom. The molecule has 43 heavy (non-hydrogen) atoms. The number of hydrogen-bond donors (Lipinski definition) is 2. The van der Waals surface area contributed by atoms with Gasteiger partial charge in [0, 0.05) is 44.7 Å². The van der Waals surface area contributed by atoms with Crippen molar-refractivity contribution in [3.63, 3.8) is 0 Å². The van der Waals surface area contributed by atoms with Crippen LogP contribution in [0, 0.1) is 0 Å². The van der Waals surface area contributed by atoms with Gasteiger partial charge in [-0.1, -0.05) is 54.6 Å². The molecule has 2 aliphatic rings. The van der Waals surface area contributed by atoms with Crippen LogP contribution in [0.2, 0.25) is 0 Å². The molecule has 0 fully saturated rings. The molecular weight excluding hydrogens is 576 g/mol. The fraction of sp³-hybridized carbons (Fsp3) is 0. The summed E-state index contributed by atoms with van der Waals surface area (Å²) >= 11 is 0. The van der Waals surface area contributed by atoms with E-state index in [1.807, 2.05) is 6.08 Å².